The normalized spacial score (nSPS) is 11.9. The molecule has 0 bridgehead atoms. The largest absolute Gasteiger partial charge is 0.480 e. The maximum atomic E-state index is 10.1. The Balaban J connectivity index is 0. The van der Waals surface area contributed by atoms with E-state index in [1.54, 1.807) is 0 Å². The fourth-order valence-corrected chi connectivity index (χ4v) is 2.33. The van der Waals surface area contributed by atoms with Crippen LogP contribution in [0.5, 0.6) is 0 Å². The number of carbonyl (C=O) groups is 2. The number of carboxylic acid groups (broad SMARTS) is 2. The van der Waals surface area contributed by atoms with Crippen molar-refractivity contribution in [2.75, 3.05) is 20.1 Å². The number of hydrogen-bond donors (Lipinski definition) is 6. The summed E-state index contributed by atoms with van der Waals surface area (Å²) in [6, 6.07) is 7.19. The number of nitrogens with one attached hydrogen (secondary N) is 1. The topological polar surface area (TPSA) is 165 Å². The monoisotopic (exact) mass is 412 g/mol. The van der Waals surface area contributed by atoms with Crippen LogP contribution in [0, 0.1) is 0 Å². The summed E-state index contributed by atoms with van der Waals surface area (Å²) in [4.78, 5) is 20.2. The van der Waals surface area contributed by atoms with Crippen molar-refractivity contribution in [3.05, 3.63) is 35.4 Å². The van der Waals surface area contributed by atoms with Gasteiger partial charge < -0.3 is 32.7 Å². The van der Waals surface area contributed by atoms with Crippen molar-refractivity contribution in [2.45, 2.75) is 64.5 Å². The molecule has 2 atom stereocenters. The van der Waals surface area contributed by atoms with Crippen molar-refractivity contribution in [3.63, 3.8) is 0 Å². The average molecular weight is 413 g/mol. The summed E-state index contributed by atoms with van der Waals surface area (Å²) in [5, 5.41) is 19.5. The number of benzene rings is 1. The molecule has 0 aromatic heterocycles. The van der Waals surface area contributed by atoms with E-state index in [-0.39, 0.29) is 0 Å². The van der Waals surface area contributed by atoms with E-state index in [0.717, 1.165) is 25.8 Å². The Hall–Kier alpha value is -2.00. The minimum atomic E-state index is -0.955. The number of nitrogens with two attached hydrogens (primary N) is 3. The van der Waals surface area contributed by atoms with Gasteiger partial charge in [-0.15, -0.1) is 0 Å². The van der Waals surface area contributed by atoms with Crippen LogP contribution in [0.3, 0.4) is 0 Å². The van der Waals surface area contributed by atoms with Gasteiger partial charge in [-0.1, -0.05) is 38.1 Å². The zero-order chi connectivity index (χ0) is 22.7. The molecular formula is C21H40N4O4. The number of hydrogen-bond acceptors (Lipinski definition) is 6. The first-order chi connectivity index (χ1) is 13.7. The Kier molecular flexibility index (Phi) is 19.5. The molecule has 168 valence electrons. The van der Waals surface area contributed by atoms with Crippen LogP contribution < -0.4 is 22.5 Å². The molecule has 0 aliphatic heterocycles. The number of aryl methyl sites for hydroxylation is 2. The third kappa shape index (κ3) is 16.6. The predicted octanol–water partition coefficient (Wildman–Crippen LogP) is 1.35. The van der Waals surface area contributed by atoms with Crippen LogP contribution in [0.15, 0.2) is 24.3 Å². The van der Waals surface area contributed by atoms with Crippen LogP contribution in [-0.2, 0) is 22.4 Å². The first-order valence-electron chi connectivity index (χ1n) is 10.1. The fourth-order valence-electron chi connectivity index (χ4n) is 2.33. The molecule has 2 unspecified atom stereocenters. The smallest absolute Gasteiger partial charge is 0.320 e. The van der Waals surface area contributed by atoms with E-state index in [1.807, 2.05) is 7.05 Å². The van der Waals surface area contributed by atoms with Gasteiger partial charge in [0.2, 0.25) is 0 Å². The molecule has 0 aliphatic carbocycles. The van der Waals surface area contributed by atoms with Gasteiger partial charge in [0.15, 0.2) is 0 Å². The van der Waals surface area contributed by atoms with Crippen molar-refractivity contribution in [1.29, 1.82) is 0 Å². The van der Waals surface area contributed by atoms with Crippen molar-refractivity contribution >= 4 is 11.9 Å². The summed E-state index contributed by atoms with van der Waals surface area (Å²) in [5.74, 6) is -1.88. The maximum Gasteiger partial charge on any atom is 0.320 e. The van der Waals surface area contributed by atoms with Gasteiger partial charge in [-0.25, -0.2) is 0 Å². The molecule has 1 aromatic rings. The molecule has 1 rings (SSSR count). The minimum absolute atomic E-state index is 0.464. The summed E-state index contributed by atoms with van der Waals surface area (Å²) < 4.78 is 0. The van der Waals surface area contributed by atoms with Crippen LogP contribution in [0.4, 0.5) is 0 Å². The van der Waals surface area contributed by atoms with E-state index in [9.17, 15) is 9.59 Å². The summed E-state index contributed by atoms with van der Waals surface area (Å²) >= 11 is 0. The van der Waals surface area contributed by atoms with Crippen molar-refractivity contribution < 1.29 is 19.8 Å². The Bertz CT molecular complexity index is 532. The quantitative estimate of drug-likeness (QED) is 0.296. The van der Waals surface area contributed by atoms with Crippen molar-refractivity contribution in [3.8, 4) is 0 Å². The highest BCUT2D eigenvalue weighted by molar-refractivity contribution is 5.73. The van der Waals surface area contributed by atoms with E-state index in [0.29, 0.717) is 25.8 Å². The Labute approximate surface area is 174 Å². The highest BCUT2D eigenvalue weighted by Crippen LogP contribution is 2.08. The van der Waals surface area contributed by atoms with Gasteiger partial charge in [0.1, 0.15) is 12.1 Å². The van der Waals surface area contributed by atoms with Gasteiger partial charge >= 0.3 is 11.9 Å². The standard InChI is InChI=1S/C10H14.C6H14N2O2.C5H12N2O2/c1-3-9-7-5-6-8-10(9)4-2;1-8-4-2-3-5(7)6(9)10;6-3-1-2-4(7)5(8)9/h5-8H,3-4H2,1-2H3;5,8H,2-4,7H2,1H3,(H,9,10);4H,1-3,6-7H2,(H,8,9). The number of aliphatic carboxylic acids is 2. The summed E-state index contributed by atoms with van der Waals surface area (Å²) in [5.41, 5.74) is 18.5. The van der Waals surface area contributed by atoms with Gasteiger partial charge in [-0.05, 0) is 69.8 Å². The molecule has 0 fully saturated rings. The summed E-state index contributed by atoms with van der Waals surface area (Å²) in [6.45, 7) is 5.73. The number of rotatable bonds is 11. The number of carboxylic acids is 2. The van der Waals surface area contributed by atoms with E-state index in [4.69, 9.17) is 27.4 Å². The maximum absolute atomic E-state index is 10.1. The summed E-state index contributed by atoms with van der Waals surface area (Å²) in [7, 11) is 1.83. The second-order valence-electron chi connectivity index (χ2n) is 6.54. The molecule has 0 heterocycles. The first-order valence-corrected chi connectivity index (χ1v) is 10.1. The van der Waals surface area contributed by atoms with Crippen LogP contribution in [0.1, 0.15) is 50.7 Å². The molecule has 29 heavy (non-hydrogen) atoms. The predicted molar refractivity (Wildman–Crippen MR) is 118 cm³/mol. The second-order valence-corrected chi connectivity index (χ2v) is 6.54. The second kappa shape index (κ2) is 19.3. The molecule has 0 aliphatic rings. The van der Waals surface area contributed by atoms with Crippen LogP contribution >= 0.6 is 0 Å². The van der Waals surface area contributed by atoms with E-state index in [2.05, 4.69) is 43.4 Å². The SMILES string of the molecule is CCc1ccccc1CC.CNCCCC(N)C(=O)O.NCCCC(N)C(=O)O. The molecule has 0 amide bonds. The average Bonchev–Trinajstić information content (AvgIpc) is 2.72. The van der Waals surface area contributed by atoms with E-state index < -0.39 is 24.0 Å². The van der Waals surface area contributed by atoms with Gasteiger partial charge in [-0.3, -0.25) is 9.59 Å². The molecule has 1 aromatic carbocycles. The molecule has 0 spiro atoms. The van der Waals surface area contributed by atoms with Crippen molar-refractivity contribution in [1.82, 2.24) is 5.32 Å². The molecular weight excluding hydrogens is 372 g/mol. The van der Waals surface area contributed by atoms with Crippen LogP contribution in [0.25, 0.3) is 0 Å². The lowest BCUT2D eigenvalue weighted by Gasteiger charge is -2.04. The lowest BCUT2D eigenvalue weighted by molar-refractivity contribution is -0.139. The van der Waals surface area contributed by atoms with Crippen molar-refractivity contribution in [2.24, 2.45) is 17.2 Å². The van der Waals surface area contributed by atoms with Crippen LogP contribution in [0.2, 0.25) is 0 Å². The summed E-state index contributed by atoms with van der Waals surface area (Å²) in [6.07, 6.45) is 4.80. The minimum Gasteiger partial charge on any atom is -0.480 e. The zero-order valence-corrected chi connectivity index (χ0v) is 18.1. The molecule has 8 heteroatoms. The third-order valence-electron chi connectivity index (χ3n) is 4.18. The van der Waals surface area contributed by atoms with Gasteiger partial charge in [0.05, 0.1) is 0 Å². The van der Waals surface area contributed by atoms with Gasteiger partial charge in [0, 0.05) is 0 Å². The van der Waals surface area contributed by atoms with Crippen LogP contribution in [-0.4, -0.2) is 54.4 Å². The zero-order valence-electron chi connectivity index (χ0n) is 18.1. The highest BCUT2D eigenvalue weighted by atomic mass is 16.4. The van der Waals surface area contributed by atoms with Gasteiger partial charge in [-0.2, -0.15) is 0 Å². The lowest BCUT2D eigenvalue weighted by atomic mass is 10.0. The molecule has 9 N–H and O–H groups in total. The fraction of sp³-hybridized carbons (Fsp3) is 0.619. The lowest BCUT2D eigenvalue weighted by Crippen LogP contribution is -2.30. The molecule has 0 saturated heterocycles. The molecule has 0 radical (unpaired) electrons. The van der Waals surface area contributed by atoms with E-state index in [1.165, 1.54) is 11.1 Å². The third-order valence-corrected chi connectivity index (χ3v) is 4.18. The first kappa shape index (κ1) is 29.2. The highest BCUT2D eigenvalue weighted by Gasteiger charge is 2.09. The molecule has 8 nitrogen and oxygen atoms in total. The molecule has 0 saturated carbocycles. The van der Waals surface area contributed by atoms with E-state index >= 15 is 0 Å². The Morgan fingerprint density at radius 1 is 0.931 bits per heavy atom. The Morgan fingerprint density at radius 3 is 1.66 bits per heavy atom. The van der Waals surface area contributed by atoms with Gasteiger partial charge in [0.25, 0.3) is 0 Å². The Morgan fingerprint density at radius 2 is 1.34 bits per heavy atom.